The minimum absolute atomic E-state index is 0.202. The van der Waals surface area contributed by atoms with E-state index in [0.717, 1.165) is 10.6 Å². The van der Waals surface area contributed by atoms with Gasteiger partial charge in [-0.1, -0.05) is 0 Å². The zero-order valence-corrected chi connectivity index (χ0v) is 9.33. The van der Waals surface area contributed by atoms with Gasteiger partial charge in [-0.25, -0.2) is 4.79 Å². The Hall–Kier alpha value is -0.480. The van der Waals surface area contributed by atoms with E-state index < -0.39 is 0 Å². The first-order valence-electron chi connectivity index (χ1n) is 3.96. The molecule has 72 valence electrons. The molecule has 0 atom stereocenters. The summed E-state index contributed by atoms with van der Waals surface area (Å²) in [6.07, 6.45) is 1.99. The number of hydrogen-bond donors (Lipinski definition) is 0. The summed E-state index contributed by atoms with van der Waals surface area (Å²) in [7, 11) is 0. The number of thioether (sulfide) groups is 1. The Labute approximate surface area is 86.3 Å². The number of thiophene rings is 1. The van der Waals surface area contributed by atoms with E-state index in [1.165, 1.54) is 11.3 Å². The molecule has 0 bridgehead atoms. The Balaban J connectivity index is 2.40. The Morgan fingerprint density at radius 1 is 1.62 bits per heavy atom. The summed E-state index contributed by atoms with van der Waals surface area (Å²) >= 11 is 3.14. The van der Waals surface area contributed by atoms with E-state index in [-0.39, 0.29) is 5.97 Å². The topological polar surface area (TPSA) is 26.3 Å². The van der Waals surface area contributed by atoms with E-state index in [4.69, 9.17) is 4.74 Å². The molecule has 1 heterocycles. The Morgan fingerprint density at radius 3 is 2.92 bits per heavy atom. The highest BCUT2D eigenvalue weighted by atomic mass is 32.2. The van der Waals surface area contributed by atoms with E-state index in [0.29, 0.717) is 11.5 Å². The van der Waals surface area contributed by atoms with Crippen molar-refractivity contribution in [2.24, 2.45) is 0 Å². The number of hydrogen-bond acceptors (Lipinski definition) is 4. The quantitative estimate of drug-likeness (QED) is 0.571. The molecule has 0 saturated carbocycles. The van der Waals surface area contributed by atoms with E-state index >= 15 is 0 Å². The maximum Gasteiger partial charge on any atom is 0.348 e. The van der Waals surface area contributed by atoms with Crippen molar-refractivity contribution in [2.75, 3.05) is 18.6 Å². The monoisotopic (exact) mass is 216 g/mol. The third kappa shape index (κ3) is 3.40. The summed E-state index contributed by atoms with van der Waals surface area (Å²) in [5, 5.41) is 0. The summed E-state index contributed by atoms with van der Waals surface area (Å²) < 4.78 is 5.03. The van der Waals surface area contributed by atoms with Crippen molar-refractivity contribution in [3.05, 3.63) is 21.9 Å². The molecule has 0 aliphatic heterocycles. The number of rotatable bonds is 4. The summed E-state index contributed by atoms with van der Waals surface area (Å²) in [6, 6.07) is 3.73. The first-order valence-corrected chi connectivity index (χ1v) is 6.17. The van der Waals surface area contributed by atoms with Crippen LogP contribution in [0.3, 0.4) is 0 Å². The Kier molecular flexibility index (Phi) is 4.32. The van der Waals surface area contributed by atoms with Crippen LogP contribution in [0.5, 0.6) is 0 Å². The first-order chi connectivity index (χ1) is 6.24. The van der Waals surface area contributed by atoms with Gasteiger partial charge in [0, 0.05) is 10.6 Å². The van der Waals surface area contributed by atoms with Gasteiger partial charge in [0.05, 0.1) is 0 Å². The van der Waals surface area contributed by atoms with E-state index in [1.807, 2.05) is 19.2 Å². The smallest absolute Gasteiger partial charge is 0.348 e. The van der Waals surface area contributed by atoms with Crippen LogP contribution in [0.25, 0.3) is 0 Å². The lowest BCUT2D eigenvalue weighted by Gasteiger charge is -2.00. The van der Waals surface area contributed by atoms with Crippen LogP contribution < -0.4 is 0 Å². The molecule has 1 aromatic rings. The normalized spacial score (nSPS) is 10.0. The van der Waals surface area contributed by atoms with Crippen molar-refractivity contribution in [2.45, 2.75) is 6.92 Å². The molecule has 0 fully saturated rings. The highest BCUT2D eigenvalue weighted by Gasteiger charge is 2.08. The van der Waals surface area contributed by atoms with Crippen LogP contribution in [0.1, 0.15) is 14.5 Å². The Bertz CT molecular complexity index is 281. The molecule has 0 amide bonds. The van der Waals surface area contributed by atoms with Gasteiger partial charge >= 0.3 is 5.97 Å². The van der Waals surface area contributed by atoms with Crippen molar-refractivity contribution in [3.8, 4) is 0 Å². The fraction of sp³-hybridized carbons (Fsp3) is 0.444. The predicted octanol–water partition coefficient (Wildman–Crippen LogP) is 2.58. The lowest BCUT2D eigenvalue weighted by atomic mass is 10.4. The second kappa shape index (κ2) is 5.29. The molecule has 2 nitrogen and oxygen atoms in total. The third-order valence-electron chi connectivity index (χ3n) is 1.46. The van der Waals surface area contributed by atoms with Crippen LogP contribution in [0.4, 0.5) is 0 Å². The largest absolute Gasteiger partial charge is 0.461 e. The number of aryl methyl sites for hydroxylation is 1. The third-order valence-corrected chi connectivity index (χ3v) is 3.02. The summed E-state index contributed by atoms with van der Waals surface area (Å²) in [5.41, 5.74) is 0. The molecule has 0 unspecified atom stereocenters. The van der Waals surface area contributed by atoms with E-state index in [9.17, 15) is 4.79 Å². The summed E-state index contributed by atoms with van der Waals surface area (Å²) in [6.45, 7) is 2.47. The first kappa shape index (κ1) is 10.6. The molecule has 0 aliphatic rings. The van der Waals surface area contributed by atoms with E-state index in [1.54, 1.807) is 17.8 Å². The average molecular weight is 216 g/mol. The molecular weight excluding hydrogens is 204 g/mol. The Morgan fingerprint density at radius 2 is 2.38 bits per heavy atom. The van der Waals surface area contributed by atoms with Gasteiger partial charge in [-0.2, -0.15) is 11.8 Å². The zero-order chi connectivity index (χ0) is 9.68. The SMILES string of the molecule is CSCCOC(=O)c1ccc(C)s1. The minimum Gasteiger partial charge on any atom is -0.461 e. The highest BCUT2D eigenvalue weighted by molar-refractivity contribution is 7.98. The zero-order valence-electron chi connectivity index (χ0n) is 7.70. The van der Waals surface area contributed by atoms with Crippen LogP contribution in [-0.4, -0.2) is 24.6 Å². The fourth-order valence-corrected chi connectivity index (χ4v) is 1.84. The van der Waals surface area contributed by atoms with Gasteiger partial charge in [0.25, 0.3) is 0 Å². The fourth-order valence-electron chi connectivity index (χ4n) is 0.833. The van der Waals surface area contributed by atoms with Crippen molar-refractivity contribution in [3.63, 3.8) is 0 Å². The second-order valence-electron chi connectivity index (χ2n) is 2.54. The van der Waals surface area contributed by atoms with Crippen molar-refractivity contribution >= 4 is 29.1 Å². The van der Waals surface area contributed by atoms with Crippen LogP contribution in [0.15, 0.2) is 12.1 Å². The molecule has 13 heavy (non-hydrogen) atoms. The molecule has 1 aromatic heterocycles. The molecule has 0 N–H and O–H groups in total. The van der Waals surface area contributed by atoms with Gasteiger partial charge in [-0.05, 0) is 25.3 Å². The summed E-state index contributed by atoms with van der Waals surface area (Å²) in [5.74, 6) is 0.656. The van der Waals surface area contributed by atoms with Crippen LogP contribution in [0.2, 0.25) is 0 Å². The van der Waals surface area contributed by atoms with Gasteiger partial charge in [-0.3, -0.25) is 0 Å². The summed E-state index contributed by atoms with van der Waals surface area (Å²) in [4.78, 5) is 13.1. The van der Waals surface area contributed by atoms with Gasteiger partial charge < -0.3 is 4.74 Å². The number of ether oxygens (including phenoxy) is 1. The van der Waals surface area contributed by atoms with Gasteiger partial charge in [0.1, 0.15) is 11.5 Å². The number of carbonyl (C=O) groups is 1. The molecule has 0 aromatic carbocycles. The lowest BCUT2D eigenvalue weighted by Crippen LogP contribution is -2.05. The van der Waals surface area contributed by atoms with Gasteiger partial charge in [-0.15, -0.1) is 11.3 Å². The van der Waals surface area contributed by atoms with Crippen molar-refractivity contribution in [1.29, 1.82) is 0 Å². The molecular formula is C9H12O2S2. The average Bonchev–Trinajstić information content (AvgIpc) is 2.52. The lowest BCUT2D eigenvalue weighted by molar-refractivity contribution is 0.0536. The maximum atomic E-state index is 11.3. The number of esters is 1. The van der Waals surface area contributed by atoms with Crippen molar-refractivity contribution in [1.82, 2.24) is 0 Å². The molecule has 0 saturated heterocycles. The van der Waals surface area contributed by atoms with Gasteiger partial charge in [0.2, 0.25) is 0 Å². The second-order valence-corrected chi connectivity index (χ2v) is 4.81. The number of carbonyl (C=O) groups excluding carboxylic acids is 1. The predicted molar refractivity (Wildman–Crippen MR) is 57.7 cm³/mol. The molecule has 0 aliphatic carbocycles. The maximum absolute atomic E-state index is 11.3. The van der Waals surface area contributed by atoms with E-state index in [2.05, 4.69) is 0 Å². The minimum atomic E-state index is -0.202. The molecule has 4 heteroatoms. The molecule has 0 radical (unpaired) electrons. The van der Waals surface area contributed by atoms with Crippen LogP contribution in [-0.2, 0) is 4.74 Å². The highest BCUT2D eigenvalue weighted by Crippen LogP contribution is 2.15. The molecule has 1 rings (SSSR count). The molecule has 0 spiro atoms. The van der Waals surface area contributed by atoms with Crippen LogP contribution in [0, 0.1) is 6.92 Å². The van der Waals surface area contributed by atoms with Gasteiger partial charge in [0.15, 0.2) is 0 Å². The standard InChI is InChI=1S/C9H12O2S2/c1-7-3-4-8(13-7)9(10)11-5-6-12-2/h3-4H,5-6H2,1-2H3. The van der Waals surface area contributed by atoms with Crippen LogP contribution >= 0.6 is 23.1 Å². The van der Waals surface area contributed by atoms with Crippen molar-refractivity contribution < 1.29 is 9.53 Å².